The molecule has 0 aliphatic carbocycles. The number of urea groups is 1. The predicted octanol–water partition coefficient (Wildman–Crippen LogP) is 1.61. The SMILES string of the molecule is CN1CCN(C(=O)N/C=C/c2ccccc2)CC1. The molecule has 0 saturated carbocycles. The van der Waals surface area contributed by atoms with E-state index in [0.29, 0.717) is 0 Å². The fourth-order valence-electron chi connectivity index (χ4n) is 1.87. The van der Waals surface area contributed by atoms with Crippen molar-refractivity contribution in [2.24, 2.45) is 0 Å². The summed E-state index contributed by atoms with van der Waals surface area (Å²) in [5.41, 5.74) is 1.08. The quantitative estimate of drug-likeness (QED) is 0.859. The molecule has 0 unspecified atom stereocenters. The van der Waals surface area contributed by atoms with Crippen molar-refractivity contribution in [3.8, 4) is 0 Å². The summed E-state index contributed by atoms with van der Waals surface area (Å²) < 4.78 is 0. The number of carbonyl (C=O) groups excluding carboxylic acids is 1. The highest BCUT2D eigenvalue weighted by Crippen LogP contribution is 2.01. The van der Waals surface area contributed by atoms with Gasteiger partial charge in [-0.25, -0.2) is 4.79 Å². The maximum atomic E-state index is 11.8. The number of nitrogens with zero attached hydrogens (tertiary/aromatic N) is 2. The number of nitrogens with one attached hydrogen (secondary N) is 1. The summed E-state index contributed by atoms with van der Waals surface area (Å²) >= 11 is 0. The van der Waals surface area contributed by atoms with Crippen LogP contribution in [0.5, 0.6) is 0 Å². The van der Waals surface area contributed by atoms with Crippen molar-refractivity contribution in [2.75, 3.05) is 33.2 Å². The Morgan fingerprint density at radius 2 is 1.83 bits per heavy atom. The zero-order valence-electron chi connectivity index (χ0n) is 10.7. The van der Waals surface area contributed by atoms with Crippen LogP contribution in [0.2, 0.25) is 0 Å². The van der Waals surface area contributed by atoms with Gasteiger partial charge < -0.3 is 15.1 Å². The Bertz CT molecular complexity index is 408. The van der Waals surface area contributed by atoms with Crippen LogP contribution in [0.4, 0.5) is 4.79 Å². The fourth-order valence-corrected chi connectivity index (χ4v) is 1.87. The predicted molar refractivity (Wildman–Crippen MR) is 73.1 cm³/mol. The van der Waals surface area contributed by atoms with Crippen molar-refractivity contribution in [3.63, 3.8) is 0 Å². The molecule has 1 aromatic rings. The van der Waals surface area contributed by atoms with E-state index in [2.05, 4.69) is 17.3 Å². The molecule has 0 bridgehead atoms. The molecule has 96 valence electrons. The van der Waals surface area contributed by atoms with Crippen LogP contribution in [0, 0.1) is 0 Å². The van der Waals surface area contributed by atoms with Gasteiger partial charge in [-0.1, -0.05) is 30.3 Å². The summed E-state index contributed by atoms with van der Waals surface area (Å²) in [6, 6.07) is 9.90. The first-order valence-electron chi connectivity index (χ1n) is 6.21. The van der Waals surface area contributed by atoms with E-state index in [9.17, 15) is 4.79 Å². The Kier molecular flexibility index (Phi) is 4.36. The van der Waals surface area contributed by atoms with Crippen LogP contribution in [0.1, 0.15) is 5.56 Å². The minimum absolute atomic E-state index is 0.0183. The molecule has 0 radical (unpaired) electrons. The first-order valence-corrected chi connectivity index (χ1v) is 6.21. The van der Waals surface area contributed by atoms with E-state index in [1.165, 1.54) is 0 Å². The minimum Gasteiger partial charge on any atom is -0.322 e. The van der Waals surface area contributed by atoms with E-state index in [1.807, 2.05) is 41.3 Å². The van der Waals surface area contributed by atoms with Crippen LogP contribution in [0.25, 0.3) is 6.08 Å². The van der Waals surface area contributed by atoms with Gasteiger partial charge in [0.25, 0.3) is 0 Å². The molecule has 4 nitrogen and oxygen atoms in total. The highest BCUT2D eigenvalue weighted by Gasteiger charge is 2.17. The Labute approximate surface area is 108 Å². The topological polar surface area (TPSA) is 35.6 Å². The molecule has 4 heteroatoms. The van der Waals surface area contributed by atoms with Gasteiger partial charge in [-0.2, -0.15) is 0 Å². The number of amides is 2. The lowest BCUT2D eigenvalue weighted by molar-refractivity contribution is 0.157. The maximum absolute atomic E-state index is 11.8. The smallest absolute Gasteiger partial charge is 0.321 e. The van der Waals surface area contributed by atoms with Gasteiger partial charge in [0.1, 0.15) is 0 Å². The van der Waals surface area contributed by atoms with Gasteiger partial charge in [-0.15, -0.1) is 0 Å². The fraction of sp³-hybridized carbons (Fsp3) is 0.357. The molecule has 1 saturated heterocycles. The van der Waals surface area contributed by atoms with Gasteiger partial charge in [0.15, 0.2) is 0 Å². The van der Waals surface area contributed by atoms with E-state index in [-0.39, 0.29) is 6.03 Å². The summed E-state index contributed by atoms with van der Waals surface area (Å²) in [7, 11) is 2.07. The lowest BCUT2D eigenvalue weighted by Gasteiger charge is -2.31. The summed E-state index contributed by atoms with van der Waals surface area (Å²) in [4.78, 5) is 15.9. The molecule has 1 aromatic carbocycles. The Hall–Kier alpha value is -1.81. The van der Waals surface area contributed by atoms with Crippen LogP contribution in [0.3, 0.4) is 0 Å². The van der Waals surface area contributed by atoms with Gasteiger partial charge >= 0.3 is 6.03 Å². The Morgan fingerprint density at radius 3 is 2.50 bits per heavy atom. The molecule has 1 heterocycles. The third-order valence-corrected chi connectivity index (χ3v) is 3.07. The van der Waals surface area contributed by atoms with Gasteiger partial charge in [-0.3, -0.25) is 0 Å². The van der Waals surface area contributed by atoms with Gasteiger partial charge in [0.05, 0.1) is 0 Å². The molecule has 1 aliphatic heterocycles. The number of hydrogen-bond donors (Lipinski definition) is 1. The number of piperazine rings is 1. The number of carbonyl (C=O) groups is 1. The van der Waals surface area contributed by atoms with Crippen LogP contribution in [-0.2, 0) is 0 Å². The number of hydrogen-bond acceptors (Lipinski definition) is 2. The monoisotopic (exact) mass is 245 g/mol. The van der Waals surface area contributed by atoms with Crippen molar-refractivity contribution in [3.05, 3.63) is 42.1 Å². The van der Waals surface area contributed by atoms with Crippen molar-refractivity contribution in [1.82, 2.24) is 15.1 Å². The Balaban J connectivity index is 1.80. The summed E-state index contributed by atoms with van der Waals surface area (Å²) in [5.74, 6) is 0. The highest BCUT2D eigenvalue weighted by atomic mass is 16.2. The van der Waals surface area contributed by atoms with Crippen molar-refractivity contribution >= 4 is 12.1 Å². The Morgan fingerprint density at radius 1 is 1.17 bits per heavy atom. The van der Waals surface area contributed by atoms with E-state index >= 15 is 0 Å². The average molecular weight is 245 g/mol. The molecule has 0 atom stereocenters. The standard InChI is InChI=1S/C14H19N3O/c1-16-9-11-17(12-10-16)14(18)15-8-7-13-5-3-2-4-6-13/h2-8H,9-12H2,1H3,(H,15,18)/b8-7+. The van der Waals surface area contributed by atoms with Crippen LogP contribution in [0.15, 0.2) is 36.5 Å². The lowest BCUT2D eigenvalue weighted by atomic mass is 10.2. The van der Waals surface area contributed by atoms with E-state index in [0.717, 1.165) is 31.7 Å². The second kappa shape index (κ2) is 6.21. The van der Waals surface area contributed by atoms with Crippen LogP contribution in [-0.4, -0.2) is 49.1 Å². The maximum Gasteiger partial charge on any atom is 0.321 e. The molecule has 0 aromatic heterocycles. The number of likely N-dealkylation sites (N-methyl/N-ethyl adjacent to an activating group) is 1. The lowest BCUT2D eigenvalue weighted by Crippen LogP contribution is -2.49. The van der Waals surface area contributed by atoms with Gasteiger partial charge in [-0.05, 0) is 18.7 Å². The molecule has 2 rings (SSSR count). The van der Waals surface area contributed by atoms with Crippen molar-refractivity contribution in [2.45, 2.75) is 0 Å². The summed E-state index contributed by atoms with van der Waals surface area (Å²) in [6.07, 6.45) is 3.60. The van der Waals surface area contributed by atoms with Crippen molar-refractivity contribution in [1.29, 1.82) is 0 Å². The van der Waals surface area contributed by atoms with E-state index < -0.39 is 0 Å². The zero-order chi connectivity index (χ0) is 12.8. The third-order valence-electron chi connectivity index (χ3n) is 3.07. The first-order chi connectivity index (χ1) is 8.75. The van der Waals surface area contributed by atoms with Gasteiger partial charge in [0, 0.05) is 32.4 Å². The minimum atomic E-state index is -0.0183. The summed E-state index contributed by atoms with van der Waals surface area (Å²) in [6.45, 7) is 3.47. The van der Waals surface area contributed by atoms with Crippen molar-refractivity contribution < 1.29 is 4.79 Å². The second-order valence-electron chi connectivity index (χ2n) is 4.48. The molecule has 2 amide bonds. The first kappa shape index (κ1) is 12.6. The zero-order valence-corrected chi connectivity index (χ0v) is 10.7. The molecule has 1 aliphatic rings. The highest BCUT2D eigenvalue weighted by molar-refractivity contribution is 5.76. The average Bonchev–Trinajstić information content (AvgIpc) is 2.40. The number of rotatable bonds is 2. The summed E-state index contributed by atoms with van der Waals surface area (Å²) in [5, 5.41) is 2.80. The second-order valence-corrected chi connectivity index (χ2v) is 4.48. The largest absolute Gasteiger partial charge is 0.322 e. The van der Waals surface area contributed by atoms with E-state index in [4.69, 9.17) is 0 Å². The normalized spacial score (nSPS) is 17.1. The molecule has 1 N–H and O–H groups in total. The molecular weight excluding hydrogens is 226 g/mol. The van der Waals surface area contributed by atoms with Gasteiger partial charge in [0.2, 0.25) is 0 Å². The molecule has 18 heavy (non-hydrogen) atoms. The van der Waals surface area contributed by atoms with Crippen LogP contribution >= 0.6 is 0 Å². The van der Waals surface area contributed by atoms with E-state index in [1.54, 1.807) is 6.20 Å². The van der Waals surface area contributed by atoms with Crippen LogP contribution < -0.4 is 5.32 Å². The molecular formula is C14H19N3O. The number of benzene rings is 1. The molecule has 1 fully saturated rings. The molecule has 0 spiro atoms. The third kappa shape index (κ3) is 3.60.